The third-order valence-electron chi connectivity index (χ3n) is 6.21. The molecule has 0 aliphatic carbocycles. The zero-order valence-electron chi connectivity index (χ0n) is 21.0. The lowest BCUT2D eigenvalue weighted by molar-refractivity contribution is -0.141. The average Bonchev–Trinajstić information content (AvgIpc) is 2.85. The number of rotatable bonds is 4. The maximum Gasteiger partial charge on any atom is 0.410 e. The summed E-state index contributed by atoms with van der Waals surface area (Å²) < 4.78 is 25.0. The third-order valence-corrected chi connectivity index (χ3v) is 6.21. The van der Waals surface area contributed by atoms with Gasteiger partial charge in [-0.25, -0.2) is 14.2 Å². The molecule has 2 aliphatic heterocycles. The van der Waals surface area contributed by atoms with Crippen molar-refractivity contribution in [3.05, 3.63) is 51.7 Å². The van der Waals surface area contributed by atoms with E-state index in [1.54, 1.807) is 17.0 Å². The summed E-state index contributed by atoms with van der Waals surface area (Å²) in [4.78, 5) is 46.5. The molecule has 4 rings (SSSR count). The molecule has 1 aromatic carbocycles. The number of benzene rings is 1. The maximum absolute atomic E-state index is 13.6. The highest BCUT2D eigenvalue weighted by molar-refractivity contribution is 5.70. The lowest BCUT2D eigenvalue weighted by Gasteiger charge is -2.37. The molecular weight excluding hydrogens is 469 g/mol. The van der Waals surface area contributed by atoms with Crippen molar-refractivity contribution < 1.29 is 23.5 Å². The van der Waals surface area contributed by atoms with Crippen molar-refractivity contribution in [3.63, 3.8) is 0 Å². The number of aromatic nitrogens is 2. The Hall–Kier alpha value is -3.63. The van der Waals surface area contributed by atoms with Crippen molar-refractivity contribution in [3.8, 4) is 0 Å². The van der Waals surface area contributed by atoms with E-state index in [9.17, 15) is 18.8 Å². The topological polar surface area (TPSA) is 106 Å². The van der Waals surface area contributed by atoms with Crippen LogP contribution in [0.4, 0.5) is 20.8 Å². The van der Waals surface area contributed by atoms with Gasteiger partial charge in [-0.05, 0) is 51.3 Å². The lowest BCUT2D eigenvalue weighted by atomic mass is 9.96. The Morgan fingerprint density at radius 2 is 1.81 bits per heavy atom. The second kappa shape index (κ2) is 10.2. The van der Waals surface area contributed by atoms with Gasteiger partial charge in [0.05, 0.1) is 18.8 Å². The van der Waals surface area contributed by atoms with E-state index in [4.69, 9.17) is 14.5 Å². The van der Waals surface area contributed by atoms with E-state index in [0.29, 0.717) is 56.4 Å². The molecule has 11 heteroatoms. The van der Waals surface area contributed by atoms with E-state index in [-0.39, 0.29) is 30.1 Å². The van der Waals surface area contributed by atoms with Gasteiger partial charge >= 0.3 is 12.1 Å². The largest absolute Gasteiger partial charge is 0.468 e. The predicted molar refractivity (Wildman–Crippen MR) is 132 cm³/mol. The molecule has 36 heavy (non-hydrogen) atoms. The molecule has 1 saturated heterocycles. The SMILES string of the molecule is COC(=O)Cn1c(N2CCN(C(=O)OC(C)(C)C)CC2)nc2c(c1=O)NC(c1ccc(F)cc1)CC2. The van der Waals surface area contributed by atoms with Crippen LogP contribution in [0.1, 0.15) is 44.5 Å². The number of methoxy groups -OCH3 is 1. The van der Waals surface area contributed by atoms with Crippen LogP contribution in [-0.4, -0.2) is 65.4 Å². The van der Waals surface area contributed by atoms with E-state index in [0.717, 1.165) is 5.56 Å². The maximum atomic E-state index is 13.6. The van der Waals surface area contributed by atoms with Crippen LogP contribution >= 0.6 is 0 Å². The normalized spacial score (nSPS) is 17.8. The van der Waals surface area contributed by atoms with Crippen molar-refractivity contribution in [2.24, 2.45) is 0 Å². The van der Waals surface area contributed by atoms with Crippen LogP contribution in [0.2, 0.25) is 0 Å². The smallest absolute Gasteiger partial charge is 0.410 e. The minimum atomic E-state index is -0.589. The van der Waals surface area contributed by atoms with Crippen molar-refractivity contribution in [1.82, 2.24) is 14.5 Å². The second-order valence-corrected chi connectivity index (χ2v) is 9.94. The summed E-state index contributed by atoms with van der Waals surface area (Å²) in [5.74, 6) is -0.526. The summed E-state index contributed by atoms with van der Waals surface area (Å²) in [7, 11) is 1.27. The number of esters is 1. The molecular formula is C25H32FN5O5. The summed E-state index contributed by atoms with van der Waals surface area (Å²) in [5, 5.41) is 3.25. The molecule has 1 aromatic heterocycles. The zero-order chi connectivity index (χ0) is 26.0. The quantitative estimate of drug-likeness (QED) is 0.638. The van der Waals surface area contributed by atoms with Crippen LogP contribution in [-0.2, 0) is 27.2 Å². The molecule has 0 saturated carbocycles. The fourth-order valence-electron chi connectivity index (χ4n) is 4.38. The molecule has 0 radical (unpaired) electrons. The average molecular weight is 502 g/mol. The molecule has 0 spiro atoms. The Morgan fingerprint density at radius 1 is 1.14 bits per heavy atom. The van der Waals surface area contributed by atoms with Gasteiger partial charge < -0.3 is 24.6 Å². The van der Waals surface area contributed by atoms with Gasteiger partial charge in [0.25, 0.3) is 5.56 Å². The van der Waals surface area contributed by atoms with Crippen molar-refractivity contribution in [2.45, 2.75) is 51.8 Å². The predicted octanol–water partition coefficient (Wildman–Crippen LogP) is 2.71. The first-order valence-electron chi connectivity index (χ1n) is 12.0. The summed E-state index contributed by atoms with van der Waals surface area (Å²) in [6.45, 7) is 6.81. The van der Waals surface area contributed by atoms with Gasteiger partial charge in [0.2, 0.25) is 5.95 Å². The van der Waals surface area contributed by atoms with Gasteiger partial charge in [-0.1, -0.05) is 12.1 Å². The van der Waals surface area contributed by atoms with Crippen LogP contribution < -0.4 is 15.8 Å². The number of anilines is 2. The number of piperazine rings is 1. The van der Waals surface area contributed by atoms with Crippen LogP contribution in [0.3, 0.4) is 0 Å². The monoisotopic (exact) mass is 501 g/mol. The first-order chi connectivity index (χ1) is 17.1. The molecule has 1 unspecified atom stereocenters. The summed E-state index contributed by atoms with van der Waals surface area (Å²) in [6.07, 6.45) is 0.838. The van der Waals surface area contributed by atoms with Crippen molar-refractivity contribution in [1.29, 1.82) is 0 Å². The number of hydrogen-bond acceptors (Lipinski definition) is 8. The first kappa shape index (κ1) is 25.5. The molecule has 2 aromatic rings. The van der Waals surface area contributed by atoms with E-state index >= 15 is 0 Å². The van der Waals surface area contributed by atoms with Crippen LogP contribution in [0.15, 0.2) is 29.1 Å². The molecule has 3 heterocycles. The number of ether oxygens (including phenoxy) is 2. The van der Waals surface area contributed by atoms with E-state index in [1.807, 2.05) is 25.7 Å². The Bertz CT molecular complexity index is 1180. The molecule has 2 aliphatic rings. The van der Waals surface area contributed by atoms with Crippen molar-refractivity contribution in [2.75, 3.05) is 43.5 Å². The van der Waals surface area contributed by atoms with Crippen LogP contribution in [0, 0.1) is 5.82 Å². The Labute approximate surface area is 209 Å². The fourth-order valence-corrected chi connectivity index (χ4v) is 4.38. The molecule has 1 fully saturated rings. The molecule has 1 atom stereocenters. The Balaban J connectivity index is 1.59. The number of nitrogens with one attached hydrogen (secondary N) is 1. The zero-order valence-corrected chi connectivity index (χ0v) is 21.0. The number of nitrogens with zero attached hydrogens (tertiary/aromatic N) is 4. The fraction of sp³-hybridized carbons (Fsp3) is 0.520. The van der Waals surface area contributed by atoms with Gasteiger partial charge in [0.15, 0.2) is 0 Å². The van der Waals surface area contributed by atoms with Crippen LogP contribution in [0.5, 0.6) is 0 Å². The lowest BCUT2D eigenvalue weighted by Crippen LogP contribution is -2.51. The molecule has 194 valence electrons. The van der Waals surface area contributed by atoms with Gasteiger partial charge in [0, 0.05) is 26.2 Å². The van der Waals surface area contributed by atoms with Gasteiger partial charge in [-0.2, -0.15) is 0 Å². The van der Waals surface area contributed by atoms with E-state index in [1.165, 1.54) is 23.8 Å². The standard InChI is InChI=1S/C25H32FN5O5/c1-25(2,3)36-24(34)30-13-11-29(12-14-30)23-28-19-10-9-18(16-5-7-17(26)8-6-16)27-21(19)22(33)31(23)15-20(32)35-4/h5-8,18,27H,9-15H2,1-4H3. The number of hydrogen-bond donors (Lipinski definition) is 1. The van der Waals surface area contributed by atoms with Gasteiger partial charge in [-0.15, -0.1) is 0 Å². The number of aryl methyl sites for hydroxylation is 1. The first-order valence-corrected chi connectivity index (χ1v) is 12.0. The molecule has 1 N–H and O–H groups in total. The van der Waals surface area contributed by atoms with Crippen LogP contribution in [0.25, 0.3) is 0 Å². The van der Waals surface area contributed by atoms with Gasteiger partial charge in [-0.3, -0.25) is 14.2 Å². The summed E-state index contributed by atoms with van der Waals surface area (Å²) >= 11 is 0. The number of fused-ring (bicyclic) bond motifs is 1. The second-order valence-electron chi connectivity index (χ2n) is 9.94. The Morgan fingerprint density at radius 3 is 2.42 bits per heavy atom. The van der Waals surface area contributed by atoms with E-state index < -0.39 is 11.6 Å². The van der Waals surface area contributed by atoms with Crippen molar-refractivity contribution >= 4 is 23.7 Å². The minimum absolute atomic E-state index is 0.178. The van der Waals surface area contributed by atoms with Gasteiger partial charge in [0.1, 0.15) is 23.7 Å². The van der Waals surface area contributed by atoms with E-state index in [2.05, 4.69) is 5.32 Å². The Kier molecular flexibility index (Phi) is 7.18. The number of carbonyl (C=O) groups excluding carboxylic acids is 2. The minimum Gasteiger partial charge on any atom is -0.468 e. The number of carbonyl (C=O) groups is 2. The molecule has 0 bridgehead atoms. The highest BCUT2D eigenvalue weighted by Gasteiger charge is 2.31. The number of amides is 1. The molecule has 1 amide bonds. The molecule has 10 nitrogen and oxygen atoms in total. The summed E-state index contributed by atoms with van der Waals surface area (Å²) in [6, 6.07) is 5.98. The number of halogens is 1. The highest BCUT2D eigenvalue weighted by Crippen LogP contribution is 2.31. The highest BCUT2D eigenvalue weighted by atomic mass is 19.1. The summed E-state index contributed by atoms with van der Waals surface area (Å²) in [5.41, 5.74) is 0.846. The third kappa shape index (κ3) is 5.60.